The van der Waals surface area contributed by atoms with Crippen molar-refractivity contribution in [3.05, 3.63) is 24.3 Å². The van der Waals surface area contributed by atoms with Crippen molar-refractivity contribution in [3.8, 4) is 0 Å². The van der Waals surface area contributed by atoms with Crippen LogP contribution in [0.1, 0.15) is 232 Å². The van der Waals surface area contributed by atoms with Crippen molar-refractivity contribution >= 4 is 5.91 Å². The van der Waals surface area contributed by atoms with Crippen molar-refractivity contribution in [2.45, 2.75) is 250 Å². The summed E-state index contributed by atoms with van der Waals surface area (Å²) in [5.41, 5.74) is 0. The van der Waals surface area contributed by atoms with Crippen LogP contribution < -0.4 is 5.32 Å². The summed E-state index contributed by atoms with van der Waals surface area (Å²) in [6.07, 6.45) is 49.5. The van der Waals surface area contributed by atoms with Crippen molar-refractivity contribution in [1.82, 2.24) is 5.32 Å². The molecule has 5 heteroatoms. The molecule has 5 nitrogen and oxygen atoms in total. The zero-order valence-electron chi connectivity index (χ0n) is 33.5. The Morgan fingerprint density at radius 2 is 0.820 bits per heavy atom. The molecule has 50 heavy (non-hydrogen) atoms. The van der Waals surface area contributed by atoms with Crippen LogP contribution in [0.15, 0.2) is 24.3 Å². The Kier molecular flexibility index (Phi) is 39.6. The molecule has 3 atom stereocenters. The van der Waals surface area contributed by atoms with Crippen LogP contribution in [0, 0.1) is 0 Å². The predicted molar refractivity (Wildman–Crippen MR) is 218 cm³/mol. The van der Waals surface area contributed by atoms with E-state index in [4.69, 9.17) is 0 Å². The third-order valence-electron chi connectivity index (χ3n) is 10.3. The fourth-order valence-corrected chi connectivity index (χ4v) is 6.79. The molecule has 0 bridgehead atoms. The predicted octanol–water partition coefficient (Wildman–Crippen LogP) is 12.6. The molecule has 0 aliphatic carbocycles. The van der Waals surface area contributed by atoms with Crippen LogP contribution in [0.25, 0.3) is 0 Å². The average Bonchev–Trinajstić information content (AvgIpc) is 3.12. The van der Waals surface area contributed by atoms with Crippen LogP contribution in [0.4, 0.5) is 0 Å². The first-order valence-electron chi connectivity index (χ1n) is 22.2. The first kappa shape index (κ1) is 48.8. The number of aliphatic hydroxyl groups excluding tert-OH is 3. The third-order valence-corrected chi connectivity index (χ3v) is 10.3. The van der Waals surface area contributed by atoms with E-state index in [0.717, 1.165) is 38.5 Å². The molecule has 0 fully saturated rings. The van der Waals surface area contributed by atoms with Gasteiger partial charge in [-0.25, -0.2) is 0 Å². The van der Waals surface area contributed by atoms with Crippen LogP contribution in [-0.2, 0) is 4.79 Å². The lowest BCUT2D eigenvalue weighted by atomic mass is 10.0. The number of aliphatic hydroxyl groups is 3. The summed E-state index contributed by atoms with van der Waals surface area (Å²) in [7, 11) is 0. The molecule has 0 aromatic rings. The molecule has 0 aromatic carbocycles. The van der Waals surface area contributed by atoms with Gasteiger partial charge in [0, 0.05) is 0 Å². The number of allylic oxidation sites excluding steroid dienone is 3. The topological polar surface area (TPSA) is 89.8 Å². The lowest BCUT2D eigenvalue weighted by molar-refractivity contribution is -0.131. The number of amides is 1. The summed E-state index contributed by atoms with van der Waals surface area (Å²) in [6.45, 7) is 4.14. The van der Waals surface area contributed by atoms with Crippen molar-refractivity contribution in [2.75, 3.05) is 6.61 Å². The standard InChI is InChI=1S/C45H87NO4/c1-3-5-7-9-11-13-15-16-17-18-19-20-21-22-23-24-25-26-27-28-29-30-32-34-36-38-40-44(49)45(50)46-42(41-47)43(48)39-37-35-33-31-14-12-10-8-6-4-2/h14,31,37,39,42-44,47-49H,3-13,15-30,32-36,38,40-41H2,1-2H3,(H,46,50)/b31-14+,39-37+. The number of unbranched alkanes of at least 4 members (excludes halogenated alkanes) is 30. The largest absolute Gasteiger partial charge is 0.394 e. The highest BCUT2D eigenvalue weighted by Gasteiger charge is 2.22. The molecule has 0 saturated heterocycles. The van der Waals surface area contributed by atoms with Gasteiger partial charge >= 0.3 is 0 Å². The molecule has 0 rings (SSSR count). The Labute approximate surface area is 312 Å². The number of hydrogen-bond donors (Lipinski definition) is 4. The summed E-state index contributed by atoms with van der Waals surface area (Å²) >= 11 is 0. The van der Waals surface area contributed by atoms with Gasteiger partial charge in [0.15, 0.2) is 0 Å². The summed E-state index contributed by atoms with van der Waals surface area (Å²) in [5.74, 6) is -0.512. The van der Waals surface area contributed by atoms with E-state index in [1.807, 2.05) is 6.08 Å². The first-order chi connectivity index (χ1) is 24.6. The molecular weight excluding hydrogens is 618 g/mol. The fourth-order valence-electron chi connectivity index (χ4n) is 6.79. The maximum absolute atomic E-state index is 12.4. The normalized spacial score (nSPS) is 13.8. The van der Waals surface area contributed by atoms with E-state index < -0.39 is 24.2 Å². The Morgan fingerprint density at radius 3 is 1.22 bits per heavy atom. The minimum atomic E-state index is -1.10. The summed E-state index contributed by atoms with van der Waals surface area (Å²) in [6, 6.07) is -0.809. The van der Waals surface area contributed by atoms with Gasteiger partial charge in [0.2, 0.25) is 5.91 Å². The maximum Gasteiger partial charge on any atom is 0.249 e. The molecule has 0 aliphatic heterocycles. The smallest absolute Gasteiger partial charge is 0.249 e. The SMILES string of the molecule is CCCCCC/C=C/CC/C=C/C(O)C(CO)NC(=O)C(O)CCCCCCCCCCCCCCCCCCCCCCCCCCCC. The maximum atomic E-state index is 12.4. The second-order valence-corrected chi connectivity index (χ2v) is 15.3. The summed E-state index contributed by atoms with van der Waals surface area (Å²) in [4.78, 5) is 12.4. The summed E-state index contributed by atoms with van der Waals surface area (Å²) < 4.78 is 0. The highest BCUT2D eigenvalue weighted by atomic mass is 16.3. The van der Waals surface area contributed by atoms with Gasteiger partial charge < -0.3 is 20.6 Å². The van der Waals surface area contributed by atoms with Crippen LogP contribution in [0.5, 0.6) is 0 Å². The third kappa shape index (κ3) is 35.2. The molecule has 0 aliphatic rings. The number of nitrogens with one attached hydrogen (secondary N) is 1. The monoisotopic (exact) mass is 706 g/mol. The van der Waals surface area contributed by atoms with Crippen molar-refractivity contribution in [2.24, 2.45) is 0 Å². The highest BCUT2D eigenvalue weighted by Crippen LogP contribution is 2.16. The van der Waals surface area contributed by atoms with E-state index in [1.54, 1.807) is 6.08 Å². The molecule has 0 aromatic heterocycles. The van der Waals surface area contributed by atoms with E-state index in [9.17, 15) is 20.1 Å². The lowest BCUT2D eigenvalue weighted by Crippen LogP contribution is -2.48. The van der Waals surface area contributed by atoms with Gasteiger partial charge in [0.25, 0.3) is 0 Å². The molecule has 0 radical (unpaired) electrons. The van der Waals surface area contributed by atoms with Crippen molar-refractivity contribution < 1.29 is 20.1 Å². The van der Waals surface area contributed by atoms with Gasteiger partial charge in [-0.3, -0.25) is 4.79 Å². The first-order valence-corrected chi connectivity index (χ1v) is 22.2. The molecule has 0 spiro atoms. The Morgan fingerprint density at radius 1 is 0.480 bits per heavy atom. The van der Waals surface area contributed by atoms with E-state index in [0.29, 0.717) is 6.42 Å². The van der Waals surface area contributed by atoms with Crippen LogP contribution >= 0.6 is 0 Å². The molecule has 4 N–H and O–H groups in total. The Balaban J connectivity index is 3.54. The van der Waals surface area contributed by atoms with Gasteiger partial charge in [0.05, 0.1) is 18.8 Å². The van der Waals surface area contributed by atoms with Crippen molar-refractivity contribution in [1.29, 1.82) is 0 Å². The van der Waals surface area contributed by atoms with Gasteiger partial charge in [-0.15, -0.1) is 0 Å². The van der Waals surface area contributed by atoms with Gasteiger partial charge in [-0.2, -0.15) is 0 Å². The highest BCUT2D eigenvalue weighted by molar-refractivity contribution is 5.80. The molecule has 1 amide bonds. The number of carbonyl (C=O) groups is 1. The number of rotatable bonds is 40. The second-order valence-electron chi connectivity index (χ2n) is 15.3. The van der Waals surface area contributed by atoms with Gasteiger partial charge in [0.1, 0.15) is 6.10 Å². The number of hydrogen-bond acceptors (Lipinski definition) is 4. The van der Waals surface area contributed by atoms with Crippen molar-refractivity contribution in [3.63, 3.8) is 0 Å². The van der Waals surface area contributed by atoms with Gasteiger partial charge in [-0.1, -0.05) is 224 Å². The quantitative estimate of drug-likeness (QED) is 0.0377. The minimum Gasteiger partial charge on any atom is -0.394 e. The average molecular weight is 706 g/mol. The van der Waals surface area contributed by atoms with E-state index >= 15 is 0 Å². The van der Waals surface area contributed by atoms with E-state index in [-0.39, 0.29) is 6.61 Å². The molecule has 0 saturated carbocycles. The second kappa shape index (κ2) is 40.6. The zero-order valence-corrected chi connectivity index (χ0v) is 33.5. The Bertz CT molecular complexity index is 739. The van der Waals surface area contributed by atoms with Crippen LogP contribution in [0.2, 0.25) is 0 Å². The van der Waals surface area contributed by atoms with Gasteiger partial charge in [-0.05, 0) is 32.1 Å². The lowest BCUT2D eigenvalue weighted by Gasteiger charge is -2.21. The molecular formula is C45H87NO4. The van der Waals surface area contributed by atoms with Crippen LogP contribution in [-0.4, -0.2) is 46.1 Å². The van der Waals surface area contributed by atoms with E-state index in [1.165, 1.54) is 173 Å². The van der Waals surface area contributed by atoms with Crippen LogP contribution in [0.3, 0.4) is 0 Å². The fraction of sp³-hybridized carbons (Fsp3) is 0.889. The molecule has 3 unspecified atom stereocenters. The zero-order chi connectivity index (χ0) is 36.6. The minimum absolute atomic E-state index is 0.374. The molecule has 296 valence electrons. The van der Waals surface area contributed by atoms with E-state index in [2.05, 4.69) is 31.3 Å². The summed E-state index contributed by atoms with van der Waals surface area (Å²) in [5, 5.41) is 33.0. The molecule has 0 heterocycles. The Hall–Kier alpha value is -1.17. The number of carbonyl (C=O) groups excluding carboxylic acids is 1.